The van der Waals surface area contributed by atoms with Crippen molar-refractivity contribution in [2.45, 2.75) is 33.1 Å². The Balaban J connectivity index is 2.58. The van der Waals surface area contributed by atoms with Crippen molar-refractivity contribution in [3.8, 4) is 0 Å². The molecule has 1 rings (SSSR count). The number of carbonyl (C=O) groups is 1. The Hall–Kier alpha value is -0.530. The van der Waals surface area contributed by atoms with Gasteiger partial charge < -0.3 is 5.73 Å². The molecule has 1 aliphatic carbocycles. The molecule has 1 amide bonds. The molecule has 1 fully saturated rings. The molecule has 0 aromatic rings. The van der Waals surface area contributed by atoms with E-state index in [4.69, 9.17) is 5.73 Å². The van der Waals surface area contributed by atoms with E-state index in [9.17, 15) is 4.79 Å². The van der Waals surface area contributed by atoms with Crippen LogP contribution >= 0.6 is 0 Å². The zero-order valence-corrected chi connectivity index (χ0v) is 7.34. The predicted molar refractivity (Wildman–Crippen MR) is 44.9 cm³/mol. The second-order valence-corrected chi connectivity index (χ2v) is 3.78. The Bertz CT molecular complexity index is 156. The van der Waals surface area contributed by atoms with Gasteiger partial charge in [-0.2, -0.15) is 0 Å². The minimum Gasteiger partial charge on any atom is -0.369 e. The Kier molecular flexibility index (Phi) is 2.53. The first-order valence-corrected chi connectivity index (χ1v) is 4.42. The molecule has 11 heavy (non-hydrogen) atoms. The van der Waals surface area contributed by atoms with Crippen LogP contribution in [-0.4, -0.2) is 5.91 Å². The molecule has 2 nitrogen and oxygen atoms in total. The van der Waals surface area contributed by atoms with Crippen LogP contribution in [0.25, 0.3) is 0 Å². The highest BCUT2D eigenvalue weighted by atomic mass is 16.1. The monoisotopic (exact) mass is 155 g/mol. The van der Waals surface area contributed by atoms with Crippen LogP contribution in [0.15, 0.2) is 0 Å². The molecular weight excluding hydrogens is 138 g/mol. The van der Waals surface area contributed by atoms with Gasteiger partial charge in [-0.3, -0.25) is 4.79 Å². The standard InChI is InChI=1S/C9H17NO/c1-6-4-3-5-8(7(6)2)9(10)11/h6-8H,3-5H2,1-2H3,(H2,10,11). The summed E-state index contributed by atoms with van der Waals surface area (Å²) in [6.07, 6.45) is 3.42. The van der Waals surface area contributed by atoms with Crippen molar-refractivity contribution in [2.75, 3.05) is 0 Å². The topological polar surface area (TPSA) is 43.1 Å². The largest absolute Gasteiger partial charge is 0.369 e. The molecular formula is C9H17NO. The molecule has 1 aliphatic rings. The van der Waals surface area contributed by atoms with Crippen LogP contribution in [0.5, 0.6) is 0 Å². The summed E-state index contributed by atoms with van der Waals surface area (Å²) < 4.78 is 0. The Morgan fingerprint density at radius 1 is 1.36 bits per heavy atom. The lowest BCUT2D eigenvalue weighted by Gasteiger charge is -2.31. The fourth-order valence-corrected chi connectivity index (χ4v) is 1.98. The third kappa shape index (κ3) is 1.73. The van der Waals surface area contributed by atoms with E-state index in [2.05, 4.69) is 13.8 Å². The summed E-state index contributed by atoms with van der Waals surface area (Å²) in [4.78, 5) is 10.9. The second-order valence-electron chi connectivity index (χ2n) is 3.78. The molecule has 0 bridgehead atoms. The highest BCUT2D eigenvalue weighted by Gasteiger charge is 2.30. The van der Waals surface area contributed by atoms with Gasteiger partial charge in [0.1, 0.15) is 0 Å². The number of primary amides is 1. The van der Waals surface area contributed by atoms with Crippen molar-refractivity contribution < 1.29 is 4.79 Å². The zero-order chi connectivity index (χ0) is 8.43. The van der Waals surface area contributed by atoms with Crippen LogP contribution in [0.3, 0.4) is 0 Å². The van der Waals surface area contributed by atoms with Gasteiger partial charge >= 0.3 is 0 Å². The summed E-state index contributed by atoms with van der Waals surface area (Å²) >= 11 is 0. The first-order valence-electron chi connectivity index (χ1n) is 4.42. The highest BCUT2D eigenvalue weighted by Crippen LogP contribution is 2.33. The summed E-state index contributed by atoms with van der Waals surface area (Å²) in [5.74, 6) is 1.19. The maximum absolute atomic E-state index is 10.9. The van der Waals surface area contributed by atoms with E-state index in [0.717, 1.165) is 6.42 Å². The number of carbonyl (C=O) groups excluding carboxylic acids is 1. The molecule has 1 saturated carbocycles. The average Bonchev–Trinajstić information content (AvgIpc) is 1.94. The van der Waals surface area contributed by atoms with Crippen LogP contribution in [0, 0.1) is 17.8 Å². The molecule has 3 unspecified atom stereocenters. The molecule has 0 aromatic heterocycles. The van der Waals surface area contributed by atoms with E-state index in [1.54, 1.807) is 0 Å². The fraction of sp³-hybridized carbons (Fsp3) is 0.889. The number of hydrogen-bond acceptors (Lipinski definition) is 1. The van der Waals surface area contributed by atoms with E-state index in [0.29, 0.717) is 11.8 Å². The fourth-order valence-electron chi connectivity index (χ4n) is 1.98. The lowest BCUT2D eigenvalue weighted by Crippen LogP contribution is -2.34. The Morgan fingerprint density at radius 2 is 2.00 bits per heavy atom. The van der Waals surface area contributed by atoms with Gasteiger partial charge in [0.15, 0.2) is 0 Å². The van der Waals surface area contributed by atoms with Gasteiger partial charge in [0.05, 0.1) is 0 Å². The maximum Gasteiger partial charge on any atom is 0.220 e. The molecule has 0 radical (unpaired) electrons. The van der Waals surface area contributed by atoms with Crippen molar-refractivity contribution in [1.82, 2.24) is 0 Å². The third-order valence-corrected chi connectivity index (χ3v) is 3.07. The number of nitrogens with two attached hydrogens (primary N) is 1. The van der Waals surface area contributed by atoms with E-state index in [1.807, 2.05) is 0 Å². The van der Waals surface area contributed by atoms with Crippen LogP contribution in [0.1, 0.15) is 33.1 Å². The molecule has 2 heteroatoms. The van der Waals surface area contributed by atoms with Crippen LogP contribution in [0.2, 0.25) is 0 Å². The van der Waals surface area contributed by atoms with Crippen LogP contribution in [-0.2, 0) is 4.79 Å². The van der Waals surface area contributed by atoms with Crippen molar-refractivity contribution in [3.63, 3.8) is 0 Å². The SMILES string of the molecule is CC1CCCC(C(N)=O)C1C. The van der Waals surface area contributed by atoms with E-state index >= 15 is 0 Å². The lowest BCUT2D eigenvalue weighted by atomic mass is 9.73. The number of amides is 1. The van der Waals surface area contributed by atoms with Crippen LogP contribution < -0.4 is 5.73 Å². The average molecular weight is 155 g/mol. The number of hydrogen-bond donors (Lipinski definition) is 1. The summed E-state index contributed by atoms with van der Waals surface area (Å²) in [5, 5.41) is 0. The molecule has 64 valence electrons. The third-order valence-electron chi connectivity index (χ3n) is 3.07. The van der Waals surface area contributed by atoms with Crippen molar-refractivity contribution >= 4 is 5.91 Å². The molecule has 0 saturated heterocycles. The van der Waals surface area contributed by atoms with E-state index < -0.39 is 0 Å². The summed E-state index contributed by atoms with van der Waals surface area (Å²) in [5.41, 5.74) is 5.28. The van der Waals surface area contributed by atoms with Gasteiger partial charge in [0, 0.05) is 5.92 Å². The lowest BCUT2D eigenvalue weighted by molar-refractivity contribution is -0.125. The van der Waals surface area contributed by atoms with Gasteiger partial charge in [0.25, 0.3) is 0 Å². The molecule has 0 aromatic carbocycles. The Labute approximate surface area is 68.2 Å². The minimum absolute atomic E-state index is 0.107. The van der Waals surface area contributed by atoms with Gasteiger partial charge in [0.2, 0.25) is 5.91 Å². The second kappa shape index (κ2) is 3.24. The van der Waals surface area contributed by atoms with E-state index in [-0.39, 0.29) is 11.8 Å². The smallest absolute Gasteiger partial charge is 0.220 e. The first-order chi connectivity index (χ1) is 5.13. The van der Waals surface area contributed by atoms with Crippen LogP contribution in [0.4, 0.5) is 0 Å². The highest BCUT2D eigenvalue weighted by molar-refractivity contribution is 5.77. The predicted octanol–water partition coefficient (Wildman–Crippen LogP) is 1.54. The van der Waals surface area contributed by atoms with Crippen molar-refractivity contribution in [1.29, 1.82) is 0 Å². The minimum atomic E-state index is -0.107. The number of rotatable bonds is 1. The summed E-state index contributed by atoms with van der Waals surface area (Å²) in [6, 6.07) is 0. The normalized spacial score (nSPS) is 38.5. The van der Waals surface area contributed by atoms with Gasteiger partial charge in [-0.1, -0.05) is 26.7 Å². The molecule has 0 aliphatic heterocycles. The summed E-state index contributed by atoms with van der Waals surface area (Å²) in [6.45, 7) is 4.35. The Morgan fingerprint density at radius 3 is 2.45 bits per heavy atom. The van der Waals surface area contributed by atoms with Gasteiger partial charge in [-0.25, -0.2) is 0 Å². The molecule has 2 N–H and O–H groups in total. The van der Waals surface area contributed by atoms with Crippen molar-refractivity contribution in [2.24, 2.45) is 23.5 Å². The molecule has 0 spiro atoms. The summed E-state index contributed by atoms with van der Waals surface area (Å²) in [7, 11) is 0. The van der Waals surface area contributed by atoms with E-state index in [1.165, 1.54) is 12.8 Å². The molecule has 3 atom stereocenters. The quantitative estimate of drug-likeness (QED) is 0.613. The molecule has 0 heterocycles. The van der Waals surface area contributed by atoms with Gasteiger partial charge in [-0.15, -0.1) is 0 Å². The first kappa shape index (κ1) is 8.57. The zero-order valence-electron chi connectivity index (χ0n) is 7.34. The maximum atomic E-state index is 10.9. The van der Waals surface area contributed by atoms with Gasteiger partial charge in [-0.05, 0) is 18.3 Å². The van der Waals surface area contributed by atoms with Crippen molar-refractivity contribution in [3.05, 3.63) is 0 Å².